The molecule has 0 saturated carbocycles. The van der Waals surface area contributed by atoms with Gasteiger partial charge in [0.25, 0.3) is 11.4 Å². The van der Waals surface area contributed by atoms with Crippen LogP contribution in [-0.4, -0.2) is 48.3 Å². The maximum atomic E-state index is 11.9. The number of nitrogens with zero attached hydrogens (tertiary/aromatic N) is 8. The van der Waals surface area contributed by atoms with Crippen molar-refractivity contribution in [2.45, 2.75) is 87.3 Å². The summed E-state index contributed by atoms with van der Waals surface area (Å²) in [6, 6.07) is 36.3. The number of hydrogen-bond acceptors (Lipinski definition) is 12. The van der Waals surface area contributed by atoms with Crippen LogP contribution in [-0.2, 0) is 45.9 Å². The lowest BCUT2D eigenvalue weighted by Crippen LogP contribution is -1.98. The Morgan fingerprint density at radius 1 is 0.456 bits per heavy atom. The van der Waals surface area contributed by atoms with Crippen LogP contribution in [0.1, 0.15) is 62.5 Å². The molecule has 0 fully saturated rings. The number of nitro benzene ring substituents is 2. The van der Waals surface area contributed by atoms with Crippen molar-refractivity contribution in [1.29, 1.82) is 0 Å². The molecular weight excluding hydrogens is 905 g/mol. The molecular formula is C50H50N8O8S2. The van der Waals surface area contributed by atoms with E-state index in [9.17, 15) is 37.1 Å². The van der Waals surface area contributed by atoms with Crippen molar-refractivity contribution < 1.29 is 26.7 Å². The molecule has 0 aliphatic carbocycles. The van der Waals surface area contributed by atoms with Crippen LogP contribution in [0.3, 0.4) is 0 Å². The summed E-state index contributed by atoms with van der Waals surface area (Å²) in [7, 11) is -7.23. The largest absolute Gasteiger partial charge is 0.340 e. The van der Waals surface area contributed by atoms with Crippen LogP contribution >= 0.6 is 0 Å². The second-order valence-electron chi connectivity index (χ2n) is 17.0. The van der Waals surface area contributed by atoms with Crippen LogP contribution in [0.2, 0.25) is 0 Å². The van der Waals surface area contributed by atoms with Crippen molar-refractivity contribution >= 4 is 86.0 Å². The minimum absolute atomic E-state index is 0.00588. The molecule has 18 heteroatoms. The summed E-state index contributed by atoms with van der Waals surface area (Å²) in [4.78, 5) is 21.7. The van der Waals surface area contributed by atoms with Crippen molar-refractivity contribution in [2.75, 3.05) is 12.5 Å². The molecule has 2 heterocycles. The second kappa shape index (κ2) is 20.4. The number of unbranched alkanes of at least 4 members (excludes halogenated alkanes) is 7. The standard InChI is InChI=1S/C50H50N8O8S2/c1-67(63,64)37-21-23-43(49(31-37)57(59)60)53-51-33-35-19-25-47-41(29-35)39-15-9-11-17-45(39)55(47)27-13-7-5-3-4-6-8-14-28-56-46-18-12-10-16-40(46)42-30-36(20-26-48(42)56)34-52-54-44-24-22-38(68(2,65)66)32-50(44)58(61)62/h9-12,15-26,29-32H,3-8,13-14,27-28,33-34H2,1-2H3. The van der Waals surface area contributed by atoms with Gasteiger partial charge in [-0.2, -0.15) is 10.2 Å². The quantitative estimate of drug-likeness (QED) is 0.0291. The van der Waals surface area contributed by atoms with Gasteiger partial charge in [0.05, 0.1) is 32.7 Å². The first-order valence-electron chi connectivity index (χ1n) is 22.4. The number of nitro groups is 2. The molecule has 0 atom stereocenters. The summed E-state index contributed by atoms with van der Waals surface area (Å²) in [6.07, 6.45) is 11.1. The normalized spacial score (nSPS) is 12.4. The van der Waals surface area contributed by atoms with Crippen LogP contribution in [0.15, 0.2) is 152 Å². The van der Waals surface area contributed by atoms with Gasteiger partial charge in [-0.1, -0.05) is 87.1 Å². The van der Waals surface area contributed by atoms with Gasteiger partial charge in [0, 0.05) is 81.3 Å². The van der Waals surface area contributed by atoms with E-state index in [-0.39, 0.29) is 34.3 Å². The van der Waals surface area contributed by atoms with E-state index in [1.54, 1.807) is 0 Å². The molecule has 0 radical (unpaired) electrons. The minimum atomic E-state index is -3.62. The van der Waals surface area contributed by atoms with Crippen molar-refractivity contribution in [2.24, 2.45) is 20.5 Å². The summed E-state index contributed by atoms with van der Waals surface area (Å²) in [5.41, 5.74) is 5.57. The van der Waals surface area contributed by atoms with E-state index in [2.05, 4.69) is 90.3 Å². The monoisotopic (exact) mass is 954 g/mol. The average molecular weight is 955 g/mol. The van der Waals surface area contributed by atoms with E-state index in [1.807, 2.05) is 24.3 Å². The first-order chi connectivity index (χ1) is 32.7. The van der Waals surface area contributed by atoms with Gasteiger partial charge < -0.3 is 9.13 Å². The highest BCUT2D eigenvalue weighted by atomic mass is 32.2. The number of aromatic nitrogens is 2. The third-order valence-electron chi connectivity index (χ3n) is 12.2. The number of sulfone groups is 2. The zero-order valence-corrected chi connectivity index (χ0v) is 39.3. The molecule has 0 unspecified atom stereocenters. The number of azo groups is 2. The Labute approximate surface area is 393 Å². The maximum Gasteiger partial charge on any atom is 0.298 e. The Morgan fingerprint density at radius 3 is 1.21 bits per heavy atom. The number of rotatable bonds is 21. The number of benzene rings is 6. The van der Waals surface area contributed by atoms with Crippen LogP contribution in [0.25, 0.3) is 43.6 Å². The van der Waals surface area contributed by atoms with Gasteiger partial charge in [-0.3, -0.25) is 20.2 Å². The van der Waals surface area contributed by atoms with Crippen molar-refractivity contribution in [3.8, 4) is 0 Å². The average Bonchev–Trinajstić information content (AvgIpc) is 3.80. The molecule has 0 bridgehead atoms. The third-order valence-corrected chi connectivity index (χ3v) is 14.4. The summed E-state index contributed by atoms with van der Waals surface area (Å²) < 4.78 is 52.4. The lowest BCUT2D eigenvalue weighted by Gasteiger charge is -2.09. The number of aryl methyl sites for hydroxylation is 2. The molecule has 0 aliphatic heterocycles. The van der Waals surface area contributed by atoms with Crippen molar-refractivity contribution in [3.05, 3.63) is 153 Å². The molecule has 0 spiro atoms. The van der Waals surface area contributed by atoms with E-state index in [1.165, 1.54) is 61.0 Å². The molecule has 0 saturated heterocycles. The third kappa shape index (κ3) is 10.7. The van der Waals surface area contributed by atoms with E-state index in [0.29, 0.717) is 0 Å². The zero-order valence-electron chi connectivity index (χ0n) is 37.7. The van der Waals surface area contributed by atoms with Gasteiger partial charge in [0.1, 0.15) is 0 Å². The lowest BCUT2D eigenvalue weighted by atomic mass is 10.1. The number of hydrogen-bond donors (Lipinski definition) is 0. The highest BCUT2D eigenvalue weighted by molar-refractivity contribution is 7.91. The van der Waals surface area contributed by atoms with Gasteiger partial charge in [-0.25, -0.2) is 16.8 Å². The smallest absolute Gasteiger partial charge is 0.298 e. The maximum absolute atomic E-state index is 11.9. The van der Waals surface area contributed by atoms with E-state index < -0.39 is 40.9 Å². The number of para-hydroxylation sites is 2. The molecule has 68 heavy (non-hydrogen) atoms. The van der Waals surface area contributed by atoms with Gasteiger partial charge in [0.15, 0.2) is 31.0 Å². The fourth-order valence-electron chi connectivity index (χ4n) is 8.80. The Balaban J connectivity index is 0.812. The SMILES string of the molecule is CS(=O)(=O)c1ccc(N=NCc2ccc3c(c2)c2ccccc2n3CCCCCCCCCCn2c3ccccc3c3cc(CN=Nc4ccc(S(C)(=O)=O)cc4[N+](=O)[O-])ccc32)c([N+](=O)[O-])c1. The van der Waals surface area contributed by atoms with Gasteiger partial charge in [0.2, 0.25) is 0 Å². The first-order valence-corrected chi connectivity index (χ1v) is 26.2. The summed E-state index contributed by atoms with van der Waals surface area (Å²) >= 11 is 0. The molecule has 8 aromatic rings. The van der Waals surface area contributed by atoms with E-state index >= 15 is 0 Å². The van der Waals surface area contributed by atoms with Crippen molar-refractivity contribution in [3.63, 3.8) is 0 Å². The predicted octanol–water partition coefficient (Wildman–Crippen LogP) is 12.9. The molecule has 350 valence electrons. The van der Waals surface area contributed by atoms with Crippen LogP contribution in [0, 0.1) is 20.2 Å². The summed E-state index contributed by atoms with van der Waals surface area (Å²) in [5.74, 6) is 0. The Morgan fingerprint density at radius 2 is 0.824 bits per heavy atom. The summed E-state index contributed by atoms with van der Waals surface area (Å²) in [5, 5.41) is 44.5. The van der Waals surface area contributed by atoms with E-state index in [0.717, 1.165) is 107 Å². The van der Waals surface area contributed by atoms with Crippen molar-refractivity contribution in [1.82, 2.24) is 9.13 Å². The minimum Gasteiger partial charge on any atom is -0.340 e. The highest BCUT2D eigenvalue weighted by Crippen LogP contribution is 2.35. The highest BCUT2D eigenvalue weighted by Gasteiger charge is 2.21. The van der Waals surface area contributed by atoms with Gasteiger partial charge in [-0.05, 0) is 84.6 Å². The van der Waals surface area contributed by atoms with Gasteiger partial charge in [-0.15, -0.1) is 10.2 Å². The molecule has 16 nitrogen and oxygen atoms in total. The Kier molecular flexibility index (Phi) is 14.2. The number of fused-ring (bicyclic) bond motifs is 6. The lowest BCUT2D eigenvalue weighted by molar-refractivity contribution is -0.384. The molecule has 0 amide bonds. The van der Waals surface area contributed by atoms with Crippen LogP contribution in [0.4, 0.5) is 22.7 Å². The zero-order chi connectivity index (χ0) is 48.0. The van der Waals surface area contributed by atoms with Gasteiger partial charge >= 0.3 is 0 Å². The predicted molar refractivity (Wildman–Crippen MR) is 265 cm³/mol. The fraction of sp³-hybridized carbons (Fsp3) is 0.280. The summed E-state index contributed by atoms with van der Waals surface area (Å²) in [6.45, 7) is 2.20. The topological polar surface area (TPSA) is 214 Å². The van der Waals surface area contributed by atoms with Crippen LogP contribution in [0.5, 0.6) is 0 Å². The van der Waals surface area contributed by atoms with E-state index in [4.69, 9.17) is 0 Å². The molecule has 2 aromatic heterocycles. The molecule has 8 rings (SSSR count). The Hall–Kier alpha value is -7.18. The van der Waals surface area contributed by atoms with Crippen LogP contribution < -0.4 is 0 Å². The molecule has 6 aromatic carbocycles. The fourth-order valence-corrected chi connectivity index (χ4v) is 10.1. The first kappa shape index (κ1) is 47.3. The Bertz CT molecular complexity index is 3280. The second-order valence-corrected chi connectivity index (χ2v) is 21.1. The molecule has 0 aliphatic rings. The molecule has 0 N–H and O–H groups in total.